The maximum Gasteiger partial charge on any atom is 0.329 e. The lowest BCUT2D eigenvalue weighted by atomic mass is 9.92. The van der Waals surface area contributed by atoms with Gasteiger partial charge in [-0.3, -0.25) is 33.6 Å². The highest BCUT2D eigenvalue weighted by molar-refractivity contribution is 5.98. The van der Waals surface area contributed by atoms with Gasteiger partial charge in [0.25, 0.3) is 0 Å². The molecule has 20 heteroatoms. The molecule has 3 aromatic rings. The van der Waals surface area contributed by atoms with E-state index in [2.05, 4.69) is 20.9 Å². The lowest BCUT2D eigenvalue weighted by molar-refractivity contribution is -0.159. The van der Waals surface area contributed by atoms with Gasteiger partial charge in [-0.05, 0) is 42.7 Å². The number of fused-ring (bicyclic) bond motifs is 1. The summed E-state index contributed by atoms with van der Waals surface area (Å²) in [5.41, 5.74) is 7.14. The van der Waals surface area contributed by atoms with E-state index in [1.54, 1.807) is 58.0 Å². The van der Waals surface area contributed by atoms with Crippen molar-refractivity contribution >= 4 is 59.4 Å². The molecule has 20 nitrogen and oxygen atoms in total. The van der Waals surface area contributed by atoms with Gasteiger partial charge in [0.05, 0.1) is 24.7 Å². The Morgan fingerprint density at radius 2 is 1.44 bits per heavy atom. The summed E-state index contributed by atoms with van der Waals surface area (Å²) in [4.78, 5) is 135. The number of esters is 1. The Kier molecular flexibility index (Phi) is 20.0. The van der Waals surface area contributed by atoms with Crippen molar-refractivity contribution in [2.75, 3.05) is 20.6 Å². The molecule has 73 heavy (non-hydrogen) atoms. The van der Waals surface area contributed by atoms with Gasteiger partial charge in [0.1, 0.15) is 48.2 Å². The minimum absolute atomic E-state index is 0.0196. The average molecular weight is 1010 g/mol. The van der Waals surface area contributed by atoms with Crippen molar-refractivity contribution in [3.05, 3.63) is 95.7 Å². The summed E-state index contributed by atoms with van der Waals surface area (Å²) in [5, 5.41) is 18.3. The molecule has 7 amide bonds. The highest BCUT2D eigenvalue weighted by atomic mass is 16.5. The molecular weight excluding hydrogens is 941 g/mol. The topological polar surface area (TPSA) is 281 Å². The van der Waals surface area contributed by atoms with Crippen LogP contribution in [0.5, 0.6) is 0 Å². The van der Waals surface area contributed by atoms with Crippen LogP contribution in [0.15, 0.2) is 77.4 Å². The number of ether oxygens (including phenoxy) is 1. The van der Waals surface area contributed by atoms with Crippen LogP contribution in [-0.4, -0.2) is 135 Å². The number of carboxylic acids is 1. The third kappa shape index (κ3) is 14.4. The highest BCUT2D eigenvalue weighted by Gasteiger charge is 2.44. The largest absolute Gasteiger partial charge is 0.480 e. The molecule has 2 fully saturated rings. The lowest BCUT2D eigenvalue weighted by Crippen LogP contribution is -2.61. The van der Waals surface area contributed by atoms with Gasteiger partial charge in [-0.25, -0.2) is 14.6 Å². The second-order valence-electron chi connectivity index (χ2n) is 19.2. The Balaban J connectivity index is 1.63. The van der Waals surface area contributed by atoms with Crippen molar-refractivity contribution < 1.29 is 57.4 Å². The zero-order valence-corrected chi connectivity index (χ0v) is 42.8. The van der Waals surface area contributed by atoms with Crippen molar-refractivity contribution in [3.8, 4) is 0 Å². The maximum atomic E-state index is 14.7. The van der Waals surface area contributed by atoms with E-state index in [4.69, 9.17) is 14.9 Å². The predicted molar refractivity (Wildman–Crippen MR) is 267 cm³/mol. The summed E-state index contributed by atoms with van der Waals surface area (Å²) in [7, 11) is 2.71. The predicted octanol–water partition coefficient (Wildman–Crippen LogP) is 3.51. The molecule has 2 aromatic carbocycles. The molecule has 0 bridgehead atoms. The van der Waals surface area contributed by atoms with Crippen molar-refractivity contribution in [2.24, 2.45) is 23.5 Å². The molecule has 0 radical (unpaired) electrons. The highest BCUT2D eigenvalue weighted by Crippen LogP contribution is 2.31. The molecule has 11 unspecified atom stereocenters. The van der Waals surface area contributed by atoms with Crippen molar-refractivity contribution in [1.82, 2.24) is 35.6 Å². The summed E-state index contributed by atoms with van der Waals surface area (Å²) in [5.74, 6) is -11.1. The number of aromatic nitrogens is 1. The van der Waals surface area contributed by atoms with E-state index < -0.39 is 132 Å². The van der Waals surface area contributed by atoms with Gasteiger partial charge in [-0.2, -0.15) is 0 Å². The minimum Gasteiger partial charge on any atom is -0.480 e. The van der Waals surface area contributed by atoms with Gasteiger partial charge in [-0.1, -0.05) is 120 Å². The second-order valence-corrected chi connectivity index (χ2v) is 19.2. The van der Waals surface area contributed by atoms with E-state index in [1.807, 2.05) is 49.4 Å². The van der Waals surface area contributed by atoms with Crippen molar-refractivity contribution in [2.45, 2.75) is 135 Å². The van der Waals surface area contributed by atoms with Crippen LogP contribution in [0.2, 0.25) is 0 Å². The number of aliphatic carboxylic acids is 1. The normalized spacial score (nSPS) is 25.8. The Labute approximate surface area is 425 Å². The number of allylic oxidation sites excluding steroid dienone is 1. The van der Waals surface area contributed by atoms with Crippen LogP contribution in [0, 0.1) is 17.8 Å². The Morgan fingerprint density at radius 1 is 0.822 bits per heavy atom. The zero-order chi connectivity index (χ0) is 53.7. The number of amides is 7. The minimum atomic E-state index is -1.85. The number of primary amides is 1. The molecular formula is C53H70N8O12. The van der Waals surface area contributed by atoms with E-state index in [1.165, 1.54) is 37.1 Å². The molecule has 5 rings (SSSR count). The number of carbonyl (C=O) groups excluding carboxylic acids is 8. The third-order valence-electron chi connectivity index (χ3n) is 13.9. The Morgan fingerprint density at radius 3 is 2.05 bits per heavy atom. The smallest absolute Gasteiger partial charge is 0.329 e. The quantitative estimate of drug-likeness (QED) is 0.154. The van der Waals surface area contributed by atoms with Crippen LogP contribution < -0.4 is 21.7 Å². The molecule has 2 aliphatic heterocycles. The first-order chi connectivity index (χ1) is 34.7. The summed E-state index contributed by atoms with van der Waals surface area (Å²) >= 11 is 0. The molecule has 11 atom stereocenters. The van der Waals surface area contributed by atoms with E-state index in [0.29, 0.717) is 24.8 Å². The number of rotatable bonds is 13. The zero-order valence-electron chi connectivity index (χ0n) is 42.8. The number of carbonyl (C=O) groups is 9. The number of likely N-dealkylation sites (N-methyl/N-ethyl adjacent to an activating group) is 2. The monoisotopic (exact) mass is 1010 g/mol. The number of hydrogen-bond donors (Lipinski definition) is 5. The van der Waals surface area contributed by atoms with Crippen molar-refractivity contribution in [3.63, 3.8) is 0 Å². The van der Waals surface area contributed by atoms with Crippen LogP contribution in [0.1, 0.15) is 115 Å². The average Bonchev–Trinajstić information content (AvgIpc) is 4.08. The molecule has 3 heterocycles. The second kappa shape index (κ2) is 25.8. The fourth-order valence-corrected chi connectivity index (χ4v) is 9.15. The molecule has 0 spiro atoms. The van der Waals surface area contributed by atoms with Crippen LogP contribution in [0.3, 0.4) is 0 Å². The molecule has 0 aliphatic carbocycles. The fraction of sp³-hybridized carbons (Fsp3) is 0.509. The molecule has 0 saturated carbocycles. The number of carboxylic acid groups (broad SMARTS) is 1. The molecule has 2 saturated heterocycles. The van der Waals surface area contributed by atoms with Gasteiger partial charge in [0.15, 0.2) is 6.10 Å². The number of benzene rings is 2. The first-order valence-electron chi connectivity index (χ1n) is 24.8. The van der Waals surface area contributed by atoms with E-state index in [-0.39, 0.29) is 31.0 Å². The van der Waals surface area contributed by atoms with Gasteiger partial charge in [-0.15, -0.1) is 0 Å². The van der Waals surface area contributed by atoms with E-state index in [0.717, 1.165) is 10.5 Å². The molecule has 394 valence electrons. The maximum absolute atomic E-state index is 14.7. The summed E-state index contributed by atoms with van der Waals surface area (Å²) in [6, 6.07) is 9.60. The van der Waals surface area contributed by atoms with E-state index >= 15 is 0 Å². The van der Waals surface area contributed by atoms with Crippen LogP contribution >= 0.6 is 0 Å². The fourth-order valence-electron chi connectivity index (χ4n) is 9.15. The van der Waals surface area contributed by atoms with Gasteiger partial charge in [0, 0.05) is 27.1 Å². The first kappa shape index (κ1) is 56.5. The summed E-state index contributed by atoms with van der Waals surface area (Å²) in [6.45, 7) is 10.3. The number of oxazole rings is 1. The molecule has 1 aromatic heterocycles. The first-order valence-corrected chi connectivity index (χ1v) is 24.8. The SMILES string of the molecule is CCC(C)C1C(=O)N(C)C(C(C)CC)C(=O)NC(CC(N)=O)C(=O)N2CCCC2C(=O)NC(Cc2ccccc2)C(=O)OC(c2coc(C(C)C=Cc3ccccc3)n2)C(C)C(=O)NC(C(=O)O)CC(=O)N1C. The van der Waals surface area contributed by atoms with Crippen molar-refractivity contribution in [1.29, 1.82) is 0 Å². The molecule has 6 N–H and O–H groups in total. The Hall–Kier alpha value is -7.38. The van der Waals surface area contributed by atoms with Crippen LogP contribution in [-0.2, 0) is 54.3 Å². The number of nitrogens with two attached hydrogens (primary N) is 1. The molecule has 2 aliphatic rings. The van der Waals surface area contributed by atoms with Crippen LogP contribution in [0.4, 0.5) is 0 Å². The number of nitrogens with one attached hydrogen (secondary N) is 3. The van der Waals surface area contributed by atoms with Gasteiger partial charge in [0.2, 0.25) is 47.2 Å². The van der Waals surface area contributed by atoms with Crippen LogP contribution in [0.25, 0.3) is 6.08 Å². The number of cyclic esters (lactones) is 1. The summed E-state index contributed by atoms with van der Waals surface area (Å²) in [6.07, 6.45) is 2.99. The number of nitrogens with zero attached hydrogens (tertiary/aromatic N) is 4. The summed E-state index contributed by atoms with van der Waals surface area (Å²) < 4.78 is 12.0. The lowest BCUT2D eigenvalue weighted by Gasteiger charge is -2.39. The van der Waals surface area contributed by atoms with Gasteiger partial charge >= 0.3 is 11.9 Å². The number of hydrogen-bond acceptors (Lipinski definition) is 12. The van der Waals surface area contributed by atoms with Gasteiger partial charge < -0.3 is 50.6 Å². The third-order valence-corrected chi connectivity index (χ3v) is 13.9. The standard InChI is InChI=1S/C53H70N8O12/c1-9-30(3)43-48(66)55-36(27-41(54)62)50(67)61-25-17-22-40(61)47(65)57-38(26-35-20-15-12-16-21-35)53(71)73-45(39-29-72-49(58-39)32(5)23-24-34-18-13-11-14-19-34)33(6)46(64)56-37(52(69)70)28-42(63)59(7)44(31(4)10-2)51(68)60(43)8/h11-16,18-21,23-24,29-33,36-38,40,43-45H,9-10,17,22,25-28H2,1-8H3,(H2,54,62)(H,55,66)(H,56,64)(H,57,65)(H,69,70). The van der Waals surface area contributed by atoms with E-state index in [9.17, 15) is 48.3 Å². The Bertz CT molecular complexity index is 2480.